The largest absolute Gasteiger partial charge is 0.490 e. The van der Waals surface area contributed by atoms with Gasteiger partial charge in [0.25, 0.3) is 5.92 Å². The normalized spacial score (nSPS) is 17.0. The van der Waals surface area contributed by atoms with Crippen molar-refractivity contribution in [2.75, 3.05) is 26.2 Å². The van der Waals surface area contributed by atoms with Gasteiger partial charge in [0.2, 0.25) is 15.9 Å². The third-order valence-electron chi connectivity index (χ3n) is 8.46. The van der Waals surface area contributed by atoms with Gasteiger partial charge in [0.15, 0.2) is 6.04 Å². The Labute approximate surface area is 266 Å². The van der Waals surface area contributed by atoms with E-state index in [-0.39, 0.29) is 24.1 Å². The van der Waals surface area contributed by atoms with E-state index in [9.17, 15) is 13.2 Å². The van der Waals surface area contributed by atoms with E-state index in [1.165, 1.54) is 41.3 Å². The Morgan fingerprint density at radius 3 is 2.16 bits per heavy atom. The maximum absolute atomic E-state index is 16.3. The number of hydrogen-bond acceptors (Lipinski definition) is 5. The molecule has 1 saturated heterocycles. The molecule has 0 aromatic heterocycles. The summed E-state index contributed by atoms with van der Waals surface area (Å²) in [5, 5.41) is 4.99. The van der Waals surface area contributed by atoms with Crippen molar-refractivity contribution < 1.29 is 26.7 Å². The second-order valence-corrected chi connectivity index (χ2v) is 13.7. The first-order valence-corrected chi connectivity index (χ1v) is 16.9. The number of carbonyl (C=O) groups excluding carboxylic acids is 1. The molecule has 2 N–H and O–H groups in total. The van der Waals surface area contributed by atoms with Gasteiger partial charge in [-0.1, -0.05) is 60.1 Å². The number of nitrogens with zero attached hydrogens (tertiary/aromatic N) is 1. The van der Waals surface area contributed by atoms with Crippen LogP contribution in [-0.2, 0) is 20.7 Å². The Hall–Kier alpha value is -3.57. The number of ether oxygens (including phenoxy) is 1. The number of sulfonamides is 1. The van der Waals surface area contributed by atoms with E-state index in [0.717, 1.165) is 36.6 Å². The highest BCUT2D eigenvalue weighted by Crippen LogP contribution is 2.36. The zero-order valence-electron chi connectivity index (χ0n) is 24.5. The number of rotatable bonds is 9. The molecule has 1 aliphatic carbocycles. The summed E-state index contributed by atoms with van der Waals surface area (Å²) in [5.74, 6) is -4.15. The summed E-state index contributed by atoms with van der Waals surface area (Å²) in [5.41, 5.74) is 0.964. The molecule has 0 radical (unpaired) electrons. The molecule has 2 aliphatic rings. The van der Waals surface area contributed by atoms with Crippen molar-refractivity contribution in [3.63, 3.8) is 0 Å². The van der Waals surface area contributed by atoms with Crippen molar-refractivity contribution in [3.8, 4) is 16.9 Å². The maximum Gasteiger partial charge on any atom is 0.298 e. The number of fused-ring (bicyclic) bond motifs is 1. The average molecular weight is 654 g/mol. The zero-order chi connectivity index (χ0) is 31.6. The van der Waals surface area contributed by atoms with Gasteiger partial charge in [-0.25, -0.2) is 8.42 Å². The van der Waals surface area contributed by atoms with Gasteiger partial charge in [0.05, 0.1) is 11.0 Å². The number of nitrogens with one attached hydrogen (secondary N) is 2. The summed E-state index contributed by atoms with van der Waals surface area (Å²) in [7, 11) is -4.55. The highest BCUT2D eigenvalue weighted by molar-refractivity contribution is 7.89. The Balaban J connectivity index is 1.28. The number of halogens is 3. The van der Waals surface area contributed by atoms with Crippen molar-refractivity contribution in [3.05, 3.63) is 95.5 Å². The number of alkyl halides is 2. The molecular weight excluding hydrogens is 620 g/mol. The van der Waals surface area contributed by atoms with Crippen LogP contribution in [0.2, 0.25) is 5.02 Å². The molecule has 11 heteroatoms. The number of piperazine rings is 1. The van der Waals surface area contributed by atoms with Crippen LogP contribution in [-0.4, -0.2) is 57.5 Å². The molecule has 0 unspecified atom stereocenters. The molecule has 6 rings (SSSR count). The van der Waals surface area contributed by atoms with E-state index in [1.807, 2.05) is 6.07 Å². The van der Waals surface area contributed by atoms with Crippen LogP contribution in [0.4, 0.5) is 8.78 Å². The van der Waals surface area contributed by atoms with Crippen molar-refractivity contribution in [1.82, 2.24) is 14.9 Å². The fourth-order valence-corrected chi connectivity index (χ4v) is 7.26. The standard InChI is InChI=1S/C34H34ClF2N3O4S/c35-28-13-7-24(8-14-28)23-5-11-27(12-6-23)34(36,37)32(33(41)40-19-17-38-18-20-40)39-45(42,43)31-16-10-25-21-30(15-9-26(25)22-31)44-29-3-1-2-4-29/h5-16,21-22,29,32,38-39H,1-4,17-20H2/t32-/m1/s1. The van der Waals surface area contributed by atoms with E-state index in [0.29, 0.717) is 34.8 Å². The second kappa shape index (κ2) is 13.0. The summed E-state index contributed by atoms with van der Waals surface area (Å²) in [6.07, 6.45) is 4.46. The fourth-order valence-electron chi connectivity index (χ4n) is 5.91. The third-order valence-corrected chi connectivity index (χ3v) is 10.1. The lowest BCUT2D eigenvalue weighted by Gasteiger charge is -2.34. The number of benzene rings is 4. The van der Waals surface area contributed by atoms with Gasteiger partial charge in [-0.15, -0.1) is 0 Å². The molecule has 45 heavy (non-hydrogen) atoms. The molecule has 236 valence electrons. The summed E-state index contributed by atoms with van der Waals surface area (Å²) < 4.78 is 68.1. The molecule has 1 amide bonds. The van der Waals surface area contributed by atoms with E-state index in [1.54, 1.807) is 42.5 Å². The monoisotopic (exact) mass is 653 g/mol. The minimum atomic E-state index is -4.55. The molecular formula is C34H34ClF2N3O4S. The number of carbonyl (C=O) groups is 1. The third kappa shape index (κ3) is 6.99. The quantitative estimate of drug-likeness (QED) is 0.220. The second-order valence-electron chi connectivity index (χ2n) is 11.5. The van der Waals surface area contributed by atoms with Crippen LogP contribution < -0.4 is 14.8 Å². The summed E-state index contributed by atoms with van der Waals surface area (Å²) in [6, 6.07) is 19.8. The van der Waals surface area contributed by atoms with Crippen molar-refractivity contribution in [1.29, 1.82) is 0 Å². The van der Waals surface area contributed by atoms with Crippen LogP contribution in [0.15, 0.2) is 89.8 Å². The molecule has 7 nitrogen and oxygen atoms in total. The topological polar surface area (TPSA) is 87.7 Å². The van der Waals surface area contributed by atoms with E-state index < -0.39 is 33.5 Å². The van der Waals surface area contributed by atoms with Gasteiger partial charge >= 0.3 is 0 Å². The van der Waals surface area contributed by atoms with Crippen LogP contribution in [0.1, 0.15) is 31.2 Å². The lowest BCUT2D eigenvalue weighted by molar-refractivity contribution is -0.144. The van der Waals surface area contributed by atoms with E-state index in [2.05, 4.69) is 10.0 Å². The van der Waals surface area contributed by atoms with Crippen LogP contribution in [0.3, 0.4) is 0 Å². The molecule has 1 heterocycles. The molecule has 4 aromatic rings. The SMILES string of the molecule is O=C([C@@H](NS(=O)(=O)c1ccc2cc(OC3CCCC3)ccc2c1)C(F)(F)c1ccc(-c2ccc(Cl)cc2)cc1)N1CCNCC1. The first-order chi connectivity index (χ1) is 21.6. The first kappa shape index (κ1) is 31.4. The highest BCUT2D eigenvalue weighted by Gasteiger charge is 2.49. The van der Waals surface area contributed by atoms with Gasteiger partial charge in [-0.2, -0.15) is 13.5 Å². The fraction of sp³-hybridized carbons (Fsp3) is 0.324. The minimum Gasteiger partial charge on any atom is -0.490 e. The maximum atomic E-state index is 16.3. The predicted molar refractivity (Wildman–Crippen MR) is 171 cm³/mol. The van der Waals surface area contributed by atoms with Crippen LogP contribution in [0, 0.1) is 0 Å². The van der Waals surface area contributed by atoms with Crippen LogP contribution in [0.5, 0.6) is 5.75 Å². The Morgan fingerprint density at radius 1 is 0.889 bits per heavy atom. The molecule has 2 fully saturated rings. The van der Waals surface area contributed by atoms with Gasteiger partial charge in [-0.05, 0) is 84.0 Å². The summed E-state index contributed by atoms with van der Waals surface area (Å²) in [6.45, 7) is 1.21. The smallest absolute Gasteiger partial charge is 0.298 e. The minimum absolute atomic E-state index is 0.173. The Bertz CT molecular complexity index is 1770. The Kier molecular flexibility index (Phi) is 9.10. The predicted octanol–water partition coefficient (Wildman–Crippen LogP) is 6.35. The van der Waals surface area contributed by atoms with Gasteiger partial charge in [0.1, 0.15) is 5.75 Å². The number of hydrogen-bond donors (Lipinski definition) is 2. The first-order valence-electron chi connectivity index (χ1n) is 15.1. The lowest BCUT2D eigenvalue weighted by atomic mass is 9.97. The Morgan fingerprint density at radius 2 is 1.49 bits per heavy atom. The van der Waals surface area contributed by atoms with Crippen molar-refractivity contribution >= 4 is 38.3 Å². The molecule has 0 bridgehead atoms. The van der Waals surface area contributed by atoms with Crippen molar-refractivity contribution in [2.24, 2.45) is 0 Å². The molecule has 1 saturated carbocycles. The summed E-state index contributed by atoms with van der Waals surface area (Å²) in [4.78, 5) is 14.7. The molecule has 1 aliphatic heterocycles. The van der Waals surface area contributed by atoms with Gasteiger partial charge in [0, 0.05) is 36.8 Å². The summed E-state index contributed by atoms with van der Waals surface area (Å²) >= 11 is 5.97. The molecule has 4 aromatic carbocycles. The van der Waals surface area contributed by atoms with Crippen LogP contribution >= 0.6 is 11.6 Å². The van der Waals surface area contributed by atoms with Gasteiger partial charge in [-0.3, -0.25) is 4.79 Å². The average Bonchev–Trinajstić information content (AvgIpc) is 3.57. The molecule has 0 spiro atoms. The number of amides is 1. The lowest BCUT2D eigenvalue weighted by Crippen LogP contribution is -2.59. The van der Waals surface area contributed by atoms with E-state index in [4.69, 9.17) is 16.3 Å². The zero-order valence-corrected chi connectivity index (χ0v) is 26.1. The molecule has 1 atom stereocenters. The highest BCUT2D eigenvalue weighted by atomic mass is 35.5. The van der Waals surface area contributed by atoms with Gasteiger partial charge < -0.3 is 15.0 Å². The van der Waals surface area contributed by atoms with Crippen molar-refractivity contribution in [2.45, 2.75) is 48.6 Å². The van der Waals surface area contributed by atoms with E-state index >= 15 is 8.78 Å². The van der Waals surface area contributed by atoms with Crippen LogP contribution in [0.25, 0.3) is 21.9 Å².